The zero-order chi connectivity index (χ0) is 10.8. The summed E-state index contributed by atoms with van der Waals surface area (Å²) in [6, 6.07) is 0.586. The normalized spacial score (nSPS) is 59.1. The minimum Gasteiger partial charge on any atom is -0.349 e. The molecule has 3 rings (SSSR count). The van der Waals surface area contributed by atoms with Gasteiger partial charge in [-0.1, -0.05) is 30.9 Å². The summed E-state index contributed by atoms with van der Waals surface area (Å²) in [4.78, 5) is 2.28. The summed E-state index contributed by atoms with van der Waals surface area (Å²) in [5, 5.41) is 0.902. The lowest BCUT2D eigenvalue weighted by Gasteiger charge is -2.22. The molecule has 3 aliphatic rings. The smallest absolute Gasteiger partial charge is 0.156 e. The van der Waals surface area contributed by atoms with Crippen molar-refractivity contribution < 1.29 is 4.74 Å². The molecule has 2 saturated heterocycles. The van der Waals surface area contributed by atoms with E-state index in [1.54, 1.807) is 0 Å². The molecule has 0 aromatic heterocycles. The Morgan fingerprint density at radius 1 is 1.40 bits per heavy atom. The van der Waals surface area contributed by atoms with Gasteiger partial charge < -0.3 is 4.74 Å². The molecule has 0 N–H and O–H groups in total. The van der Waals surface area contributed by atoms with Crippen LogP contribution in [0.25, 0.3) is 0 Å². The second-order valence-corrected chi connectivity index (χ2v) is 6.40. The van der Waals surface area contributed by atoms with Crippen LogP contribution in [0.4, 0.5) is 0 Å². The van der Waals surface area contributed by atoms with Gasteiger partial charge in [-0.05, 0) is 19.9 Å². The molecule has 4 heteroatoms. The van der Waals surface area contributed by atoms with Crippen LogP contribution in [-0.4, -0.2) is 36.9 Å². The molecular formula is C11H19BNOS. The van der Waals surface area contributed by atoms with Crippen molar-refractivity contribution in [3.8, 4) is 0 Å². The zero-order valence-corrected chi connectivity index (χ0v) is 10.6. The molecule has 2 nitrogen and oxygen atoms in total. The van der Waals surface area contributed by atoms with E-state index in [2.05, 4.69) is 45.7 Å². The van der Waals surface area contributed by atoms with Gasteiger partial charge in [-0.15, -0.1) is 12.6 Å². The van der Waals surface area contributed by atoms with Crippen LogP contribution in [0.5, 0.6) is 0 Å². The average molecular weight is 224 g/mol. The van der Waals surface area contributed by atoms with Gasteiger partial charge in [0.15, 0.2) is 5.56 Å². The lowest BCUT2D eigenvalue weighted by Crippen LogP contribution is -2.33. The molecule has 5 unspecified atom stereocenters. The Kier molecular flexibility index (Phi) is 2.07. The topological polar surface area (TPSA) is 12.5 Å². The zero-order valence-electron chi connectivity index (χ0n) is 9.73. The minimum absolute atomic E-state index is 0.00621. The van der Waals surface area contributed by atoms with Crippen LogP contribution < -0.4 is 0 Å². The van der Waals surface area contributed by atoms with Crippen molar-refractivity contribution in [2.24, 2.45) is 0 Å². The van der Waals surface area contributed by atoms with Crippen molar-refractivity contribution in [1.29, 1.82) is 0 Å². The summed E-state index contributed by atoms with van der Waals surface area (Å²) in [6.45, 7) is 4.77. The molecule has 3 fully saturated rings. The molecule has 0 aromatic carbocycles. The van der Waals surface area contributed by atoms with Crippen LogP contribution in [0.1, 0.15) is 33.1 Å². The predicted molar refractivity (Wildman–Crippen MR) is 65.5 cm³/mol. The van der Waals surface area contributed by atoms with Gasteiger partial charge in [0.05, 0.1) is 6.10 Å². The summed E-state index contributed by atoms with van der Waals surface area (Å²) in [7, 11) is 4.65. The molecule has 2 heterocycles. The lowest BCUT2D eigenvalue weighted by molar-refractivity contribution is 0.0613. The van der Waals surface area contributed by atoms with Gasteiger partial charge in [-0.3, -0.25) is 4.90 Å². The first kappa shape index (κ1) is 10.5. The molecule has 0 spiro atoms. The van der Waals surface area contributed by atoms with Crippen molar-refractivity contribution in [1.82, 2.24) is 4.90 Å². The predicted octanol–water partition coefficient (Wildman–Crippen LogP) is 2.16. The number of nitrogens with zero attached hydrogens (tertiary/aromatic N) is 1. The lowest BCUT2D eigenvalue weighted by atomic mass is 9.80. The number of ether oxygens (including phenoxy) is 1. The van der Waals surface area contributed by atoms with Crippen LogP contribution in [-0.2, 0) is 4.74 Å². The summed E-state index contributed by atoms with van der Waals surface area (Å²) < 4.78 is 5.93. The standard InChI is InChI=1S/C11H19BNOS/c1-10-5-4-7-8(6-11(10,2)12-10)14-9(15)13(7)3/h7-9,15H,4-6H2,1-3H3. The highest BCUT2D eigenvalue weighted by Gasteiger charge is 2.64. The van der Waals surface area contributed by atoms with E-state index in [9.17, 15) is 0 Å². The van der Waals surface area contributed by atoms with E-state index in [0.29, 0.717) is 22.8 Å². The van der Waals surface area contributed by atoms with Crippen LogP contribution >= 0.6 is 12.6 Å². The molecule has 1 radical (unpaired) electrons. The third kappa shape index (κ3) is 1.34. The summed E-state index contributed by atoms with van der Waals surface area (Å²) >= 11 is 4.46. The number of likely N-dealkylation sites (N-methyl/N-ethyl adjacent to an activating group) is 1. The monoisotopic (exact) mass is 224 g/mol. The second-order valence-electron chi connectivity index (χ2n) is 5.96. The Morgan fingerprint density at radius 3 is 2.87 bits per heavy atom. The summed E-state index contributed by atoms with van der Waals surface area (Å²) in [5.74, 6) is 0. The molecule has 83 valence electrons. The van der Waals surface area contributed by atoms with Gasteiger partial charge in [0.25, 0.3) is 0 Å². The molecule has 15 heavy (non-hydrogen) atoms. The van der Waals surface area contributed by atoms with Gasteiger partial charge in [0, 0.05) is 6.04 Å². The van der Waals surface area contributed by atoms with Gasteiger partial charge in [-0.25, -0.2) is 0 Å². The second kappa shape index (κ2) is 2.96. The first-order chi connectivity index (χ1) is 6.95. The highest BCUT2D eigenvalue weighted by atomic mass is 32.1. The van der Waals surface area contributed by atoms with Gasteiger partial charge >= 0.3 is 0 Å². The van der Waals surface area contributed by atoms with Gasteiger partial charge in [-0.2, -0.15) is 0 Å². The summed E-state index contributed by atoms with van der Waals surface area (Å²) in [5.41, 5.74) is 0.00621. The van der Waals surface area contributed by atoms with Crippen molar-refractivity contribution in [2.75, 3.05) is 7.05 Å². The van der Waals surface area contributed by atoms with Crippen molar-refractivity contribution in [3.63, 3.8) is 0 Å². The molecule has 0 bridgehead atoms. The first-order valence-electron chi connectivity index (χ1n) is 5.88. The fraction of sp³-hybridized carbons (Fsp3) is 1.00. The Balaban J connectivity index is 1.83. The van der Waals surface area contributed by atoms with Gasteiger partial charge in [0.2, 0.25) is 0 Å². The van der Waals surface area contributed by atoms with Crippen LogP contribution in [0.15, 0.2) is 0 Å². The third-order valence-electron chi connectivity index (χ3n) is 5.04. The number of hydrogen-bond donors (Lipinski definition) is 1. The molecule has 1 aliphatic carbocycles. The van der Waals surface area contributed by atoms with Crippen LogP contribution in [0.3, 0.4) is 0 Å². The number of thiol groups is 1. The van der Waals surface area contributed by atoms with E-state index < -0.39 is 0 Å². The van der Waals surface area contributed by atoms with E-state index in [4.69, 9.17) is 4.74 Å². The molecular weight excluding hydrogens is 205 g/mol. The fourth-order valence-electron chi connectivity index (χ4n) is 3.53. The Bertz CT molecular complexity index is 302. The number of rotatable bonds is 0. The molecule has 1 saturated carbocycles. The SMILES string of the molecule is CN1C(S)OC2CC3(C)[B]C3(C)CCC21. The Morgan fingerprint density at radius 2 is 2.13 bits per heavy atom. The Labute approximate surface area is 98.4 Å². The maximum absolute atomic E-state index is 5.93. The third-order valence-corrected chi connectivity index (χ3v) is 5.53. The maximum Gasteiger partial charge on any atom is 0.156 e. The number of hydrogen-bond acceptors (Lipinski definition) is 3. The average Bonchev–Trinajstić information content (AvgIpc) is 2.58. The highest BCUT2D eigenvalue weighted by molar-refractivity contribution is 7.80. The van der Waals surface area contributed by atoms with Crippen molar-refractivity contribution in [3.05, 3.63) is 0 Å². The summed E-state index contributed by atoms with van der Waals surface area (Å²) in [6.07, 6.45) is 4.12. The van der Waals surface area contributed by atoms with E-state index in [-0.39, 0.29) is 5.56 Å². The first-order valence-corrected chi connectivity index (χ1v) is 6.39. The maximum atomic E-state index is 5.93. The fourth-order valence-corrected chi connectivity index (χ4v) is 3.85. The van der Waals surface area contributed by atoms with Crippen LogP contribution in [0.2, 0.25) is 10.6 Å². The minimum atomic E-state index is 0.00621. The van der Waals surface area contributed by atoms with Crippen molar-refractivity contribution >= 4 is 19.9 Å². The van der Waals surface area contributed by atoms with E-state index >= 15 is 0 Å². The van der Waals surface area contributed by atoms with E-state index in [1.165, 1.54) is 19.3 Å². The molecule has 0 aromatic rings. The van der Waals surface area contributed by atoms with Crippen molar-refractivity contribution in [2.45, 2.75) is 61.4 Å². The van der Waals surface area contributed by atoms with Gasteiger partial charge in [0.1, 0.15) is 7.28 Å². The van der Waals surface area contributed by atoms with E-state index in [1.807, 2.05) is 0 Å². The quantitative estimate of drug-likeness (QED) is 0.500. The highest BCUT2D eigenvalue weighted by Crippen LogP contribution is 2.75. The molecule has 0 amide bonds. The van der Waals surface area contributed by atoms with Crippen LogP contribution in [0, 0.1) is 0 Å². The molecule has 2 aliphatic heterocycles. The molecule has 5 atom stereocenters. The Hall–Kier alpha value is 0.335. The number of fused-ring (bicyclic) bond motifs is 2. The largest absolute Gasteiger partial charge is 0.349 e. The van der Waals surface area contributed by atoms with E-state index in [0.717, 1.165) is 0 Å².